The van der Waals surface area contributed by atoms with Gasteiger partial charge in [-0.05, 0) is 37.2 Å². The second-order valence-electron chi connectivity index (χ2n) is 11.2. The van der Waals surface area contributed by atoms with Gasteiger partial charge < -0.3 is 24.5 Å². The van der Waals surface area contributed by atoms with Crippen LogP contribution in [0.15, 0.2) is 12.1 Å². The Kier molecular flexibility index (Phi) is 5.19. The number of ether oxygens (including phenoxy) is 1. The quantitative estimate of drug-likeness (QED) is 0.427. The van der Waals surface area contributed by atoms with E-state index < -0.39 is 25.6 Å². The van der Waals surface area contributed by atoms with Crippen molar-refractivity contribution in [3.05, 3.63) is 28.8 Å². The number of aromatic hydroxyl groups is 2. The summed E-state index contributed by atoms with van der Waals surface area (Å²) in [6.07, 6.45) is -0.141. The van der Waals surface area contributed by atoms with E-state index in [1.165, 1.54) is 4.57 Å². The normalized spacial score (nSPS) is 25.8. The Balaban J connectivity index is 1.61. The summed E-state index contributed by atoms with van der Waals surface area (Å²) in [5.74, 6) is -0.385. The number of benzene rings is 1. The van der Waals surface area contributed by atoms with Gasteiger partial charge in [-0.2, -0.15) is 14.0 Å². The minimum Gasteiger partial charge on any atom is -0.494 e. The smallest absolute Gasteiger partial charge is 0.205 e. The maximum Gasteiger partial charge on any atom is 0.205 e. The van der Waals surface area contributed by atoms with Crippen molar-refractivity contribution in [2.24, 2.45) is 0 Å². The topological polar surface area (TPSA) is 134 Å². The number of rotatable bonds is 5. The van der Waals surface area contributed by atoms with Crippen LogP contribution in [-0.4, -0.2) is 49.7 Å². The SMILES string of the molecule is CC(C)(C)[Si](C)(C)OCC[C@]12C[C@H](O)[C@](C)(O1)c1c2c(O)n(-c2ccc(C#N)c3nsnc23)c1O. The molecule has 2 aliphatic heterocycles. The molecule has 3 aromatic rings. The van der Waals surface area contributed by atoms with Gasteiger partial charge in [0.2, 0.25) is 11.8 Å². The number of nitrogens with zero attached hydrogens (tertiary/aromatic N) is 4. The van der Waals surface area contributed by atoms with Crippen LogP contribution in [0.5, 0.6) is 11.8 Å². The molecule has 1 aromatic carbocycles. The van der Waals surface area contributed by atoms with Crippen LogP contribution in [0.3, 0.4) is 0 Å². The minimum absolute atomic E-state index is 0.0440. The van der Waals surface area contributed by atoms with Crippen molar-refractivity contribution < 1.29 is 24.5 Å². The molecule has 5 rings (SSSR count). The Hall–Kier alpha value is -2.49. The molecule has 2 aliphatic rings. The molecule has 0 saturated carbocycles. The molecule has 11 heteroatoms. The van der Waals surface area contributed by atoms with Gasteiger partial charge >= 0.3 is 0 Å². The lowest BCUT2D eigenvalue weighted by atomic mass is 9.76. The first kappa shape index (κ1) is 24.2. The molecule has 1 fully saturated rings. The first-order valence-corrected chi connectivity index (χ1v) is 15.3. The highest BCUT2D eigenvalue weighted by Crippen LogP contribution is 2.65. The van der Waals surface area contributed by atoms with Crippen LogP contribution in [0.4, 0.5) is 0 Å². The summed E-state index contributed by atoms with van der Waals surface area (Å²) in [5.41, 5.74) is 0.261. The van der Waals surface area contributed by atoms with Crippen molar-refractivity contribution in [1.82, 2.24) is 13.3 Å². The monoisotopic (exact) mass is 514 g/mol. The first-order chi connectivity index (χ1) is 16.3. The van der Waals surface area contributed by atoms with E-state index in [4.69, 9.17) is 9.16 Å². The number of aliphatic hydroxyl groups is 1. The second kappa shape index (κ2) is 7.50. The van der Waals surface area contributed by atoms with Gasteiger partial charge in [0.15, 0.2) is 8.32 Å². The van der Waals surface area contributed by atoms with Crippen LogP contribution in [0, 0.1) is 11.3 Å². The Morgan fingerprint density at radius 3 is 2.54 bits per heavy atom. The third-order valence-corrected chi connectivity index (χ3v) is 13.2. The number of hydrogen-bond donors (Lipinski definition) is 3. The minimum atomic E-state index is -2.02. The zero-order chi connectivity index (χ0) is 25.6. The number of aliphatic hydroxyl groups excluding tert-OH is 1. The maximum atomic E-state index is 11.5. The van der Waals surface area contributed by atoms with Crippen molar-refractivity contribution in [3.63, 3.8) is 0 Å². The average molecular weight is 515 g/mol. The average Bonchev–Trinajstić information content (AvgIpc) is 3.47. The van der Waals surface area contributed by atoms with Gasteiger partial charge in [0.25, 0.3) is 0 Å². The predicted molar refractivity (Wildman–Crippen MR) is 133 cm³/mol. The molecular weight excluding hydrogens is 484 g/mol. The molecule has 0 spiro atoms. The van der Waals surface area contributed by atoms with E-state index in [1.807, 2.05) is 0 Å². The fraction of sp³-hybridized carbons (Fsp3) is 0.542. The fourth-order valence-corrected chi connectivity index (χ4v) is 6.77. The van der Waals surface area contributed by atoms with E-state index in [9.17, 15) is 20.6 Å². The van der Waals surface area contributed by atoms with E-state index in [2.05, 4.69) is 48.7 Å². The van der Waals surface area contributed by atoms with Crippen LogP contribution in [-0.2, 0) is 20.4 Å². The molecule has 0 radical (unpaired) electrons. The zero-order valence-electron chi connectivity index (χ0n) is 20.7. The van der Waals surface area contributed by atoms with Gasteiger partial charge in [-0.1, -0.05) is 20.8 Å². The van der Waals surface area contributed by atoms with Gasteiger partial charge in [0.1, 0.15) is 28.3 Å². The van der Waals surface area contributed by atoms with Crippen LogP contribution in [0.2, 0.25) is 18.1 Å². The van der Waals surface area contributed by atoms with E-state index in [1.54, 1.807) is 19.1 Å². The molecule has 0 unspecified atom stereocenters. The lowest BCUT2D eigenvalue weighted by Crippen LogP contribution is -2.42. The lowest BCUT2D eigenvalue weighted by Gasteiger charge is -2.37. The van der Waals surface area contributed by atoms with Gasteiger partial charge in [-0.3, -0.25) is 0 Å². The van der Waals surface area contributed by atoms with E-state index in [-0.39, 0.29) is 23.2 Å². The van der Waals surface area contributed by atoms with E-state index in [0.717, 1.165) is 11.7 Å². The molecule has 1 saturated heterocycles. The van der Waals surface area contributed by atoms with Crippen molar-refractivity contribution in [1.29, 1.82) is 5.26 Å². The highest BCUT2D eigenvalue weighted by molar-refractivity contribution is 7.00. The van der Waals surface area contributed by atoms with Gasteiger partial charge in [0, 0.05) is 19.4 Å². The molecule has 3 atom stereocenters. The molecule has 2 bridgehead atoms. The molecule has 0 aliphatic carbocycles. The van der Waals surface area contributed by atoms with Crippen molar-refractivity contribution >= 4 is 31.1 Å². The van der Waals surface area contributed by atoms with Crippen LogP contribution in [0.1, 0.15) is 57.2 Å². The van der Waals surface area contributed by atoms with Crippen LogP contribution in [0.25, 0.3) is 16.7 Å². The first-order valence-electron chi connectivity index (χ1n) is 11.6. The summed E-state index contributed by atoms with van der Waals surface area (Å²) in [6, 6.07) is 5.32. The Morgan fingerprint density at radius 2 is 1.89 bits per heavy atom. The highest BCUT2D eigenvalue weighted by Gasteiger charge is 2.66. The van der Waals surface area contributed by atoms with Crippen molar-refractivity contribution in [2.45, 2.75) is 76.0 Å². The van der Waals surface area contributed by atoms with E-state index in [0.29, 0.717) is 46.4 Å². The van der Waals surface area contributed by atoms with Gasteiger partial charge in [-0.25, -0.2) is 4.57 Å². The molecule has 35 heavy (non-hydrogen) atoms. The van der Waals surface area contributed by atoms with E-state index >= 15 is 0 Å². The Labute approximate surface area is 209 Å². The largest absolute Gasteiger partial charge is 0.494 e. The molecular formula is C24H30N4O5SSi. The van der Waals surface area contributed by atoms with Gasteiger partial charge in [-0.15, -0.1) is 0 Å². The fourth-order valence-electron chi connectivity index (χ4n) is 5.16. The second-order valence-corrected chi connectivity index (χ2v) is 16.6. The summed E-state index contributed by atoms with van der Waals surface area (Å²) in [7, 11) is -2.02. The number of hydrogen-bond acceptors (Lipinski definition) is 9. The molecule has 3 N–H and O–H groups in total. The standard InChI is InChI=1S/C24H30N4O5SSi/c1-22(2,3)35(5,6)32-10-9-24-11-15(29)23(4,33-24)16-17(24)21(31)28(20(16)30)14-8-7-13(12-25)18-19(14)27-34-26-18/h7-8,15,29-31H,9-11H2,1-6H3/t15-,23-,24+/m0/s1. The molecule has 0 amide bonds. The highest BCUT2D eigenvalue weighted by atomic mass is 32.1. The number of nitriles is 1. The summed E-state index contributed by atoms with van der Waals surface area (Å²) >= 11 is 0.956. The van der Waals surface area contributed by atoms with Crippen LogP contribution >= 0.6 is 11.7 Å². The summed E-state index contributed by atoms with van der Waals surface area (Å²) in [6.45, 7) is 13.0. The molecule has 4 heterocycles. The third-order valence-electron chi connectivity index (χ3n) is 8.17. The summed E-state index contributed by atoms with van der Waals surface area (Å²) in [4.78, 5) is 0. The zero-order valence-corrected chi connectivity index (χ0v) is 22.5. The molecule has 186 valence electrons. The third kappa shape index (κ3) is 3.21. The lowest BCUT2D eigenvalue weighted by molar-refractivity contribution is -0.107. The van der Waals surface area contributed by atoms with Crippen molar-refractivity contribution in [3.8, 4) is 23.5 Å². The maximum absolute atomic E-state index is 11.5. The van der Waals surface area contributed by atoms with Crippen LogP contribution < -0.4 is 0 Å². The number of fused-ring (bicyclic) bond motifs is 6. The van der Waals surface area contributed by atoms with Crippen molar-refractivity contribution in [2.75, 3.05) is 6.61 Å². The molecule has 2 aromatic heterocycles. The molecule has 9 nitrogen and oxygen atoms in total. The number of aromatic nitrogens is 3. The summed E-state index contributed by atoms with van der Waals surface area (Å²) < 4.78 is 22.7. The summed E-state index contributed by atoms with van der Waals surface area (Å²) in [5, 5.41) is 43.3. The Morgan fingerprint density at radius 1 is 1.23 bits per heavy atom. The predicted octanol–water partition coefficient (Wildman–Crippen LogP) is 4.38. The Bertz CT molecular complexity index is 1390. The van der Waals surface area contributed by atoms with Gasteiger partial charge in [0.05, 0.1) is 40.2 Å².